The van der Waals surface area contributed by atoms with E-state index in [4.69, 9.17) is 9.52 Å². The van der Waals surface area contributed by atoms with Gasteiger partial charge in [-0.25, -0.2) is 4.79 Å². The van der Waals surface area contributed by atoms with Crippen molar-refractivity contribution in [3.05, 3.63) is 17.9 Å². The summed E-state index contributed by atoms with van der Waals surface area (Å²) in [6, 6.07) is 0. The summed E-state index contributed by atoms with van der Waals surface area (Å²) in [5, 5.41) is 16.4. The lowest BCUT2D eigenvalue weighted by Gasteiger charge is -2.16. The number of carboxylic acid groups (broad SMARTS) is 1. The third-order valence-corrected chi connectivity index (χ3v) is 3.64. The Morgan fingerprint density at radius 3 is 3.06 bits per heavy atom. The Kier molecular flexibility index (Phi) is 3.61. The highest BCUT2D eigenvalue weighted by Gasteiger charge is 2.21. The van der Waals surface area contributed by atoms with Gasteiger partial charge in [-0.05, 0) is 18.6 Å². The van der Waals surface area contributed by atoms with Crippen LogP contribution < -0.4 is 0 Å². The number of rotatable bonds is 3. The quantitative estimate of drug-likeness (QED) is 0.815. The summed E-state index contributed by atoms with van der Waals surface area (Å²) in [6.45, 7) is 0. The van der Waals surface area contributed by atoms with Gasteiger partial charge < -0.3 is 9.52 Å². The van der Waals surface area contributed by atoms with Gasteiger partial charge in [-0.1, -0.05) is 6.42 Å². The minimum atomic E-state index is -1.02. The van der Waals surface area contributed by atoms with Crippen LogP contribution in [0.3, 0.4) is 0 Å². The van der Waals surface area contributed by atoms with Crippen LogP contribution in [0.4, 0.5) is 0 Å². The first-order chi connectivity index (χ1) is 7.75. The second-order valence-corrected chi connectivity index (χ2v) is 4.82. The van der Waals surface area contributed by atoms with Crippen LogP contribution in [-0.2, 0) is 4.79 Å². The third kappa shape index (κ3) is 2.85. The Balaban J connectivity index is 2.03. The molecule has 2 rings (SSSR count). The normalized spacial score (nSPS) is 21.4. The van der Waals surface area contributed by atoms with Crippen LogP contribution >= 0.6 is 11.8 Å². The molecule has 1 aliphatic rings. The molecule has 1 fully saturated rings. The molecule has 6 heteroatoms. The van der Waals surface area contributed by atoms with Crippen molar-refractivity contribution in [2.75, 3.05) is 5.75 Å². The molecule has 0 radical (unpaired) electrons. The number of aromatic nitrogens is 2. The number of thioether (sulfide) groups is 1. The maximum absolute atomic E-state index is 10.3. The molecule has 2 heterocycles. The summed E-state index contributed by atoms with van der Waals surface area (Å²) in [6.07, 6.45) is 5.77. The summed E-state index contributed by atoms with van der Waals surface area (Å²) >= 11 is 1.82. The minimum absolute atomic E-state index is 0.253. The van der Waals surface area contributed by atoms with Gasteiger partial charge in [-0.3, -0.25) is 0 Å². The zero-order valence-corrected chi connectivity index (χ0v) is 9.44. The summed E-state index contributed by atoms with van der Waals surface area (Å²) in [4.78, 5) is 10.3. The number of carboxylic acids is 1. The monoisotopic (exact) mass is 240 g/mol. The van der Waals surface area contributed by atoms with Crippen LogP contribution in [0.15, 0.2) is 10.5 Å². The lowest BCUT2D eigenvalue weighted by Crippen LogP contribution is -2.02. The molecule has 0 spiro atoms. The molecular formula is C10H12N2O3S. The third-order valence-electron chi connectivity index (χ3n) is 2.28. The molecule has 86 valence electrons. The van der Waals surface area contributed by atoms with Crippen molar-refractivity contribution < 1.29 is 14.3 Å². The molecule has 0 saturated carbocycles. The summed E-state index contributed by atoms with van der Waals surface area (Å²) in [7, 11) is 0. The van der Waals surface area contributed by atoms with Gasteiger partial charge in [0.1, 0.15) is 0 Å². The standard InChI is InChI=1S/C10H12N2O3S/c13-9(14)5-4-8-11-12-10(15-8)7-3-1-2-6-16-7/h4-5,7H,1-3,6H2,(H,13,14)/b5-4+. The molecule has 16 heavy (non-hydrogen) atoms. The van der Waals surface area contributed by atoms with Crippen molar-refractivity contribution in [2.45, 2.75) is 24.5 Å². The van der Waals surface area contributed by atoms with E-state index in [9.17, 15) is 4.79 Å². The second kappa shape index (κ2) is 5.16. The fraction of sp³-hybridized carbons (Fsp3) is 0.500. The number of carbonyl (C=O) groups is 1. The second-order valence-electron chi connectivity index (χ2n) is 3.51. The Labute approximate surface area is 96.9 Å². The van der Waals surface area contributed by atoms with E-state index in [-0.39, 0.29) is 11.1 Å². The van der Waals surface area contributed by atoms with Gasteiger partial charge >= 0.3 is 5.97 Å². The van der Waals surface area contributed by atoms with Gasteiger partial charge in [-0.2, -0.15) is 0 Å². The molecule has 1 aromatic rings. The lowest BCUT2D eigenvalue weighted by molar-refractivity contribution is -0.131. The molecule has 1 N–H and O–H groups in total. The predicted octanol–water partition coefficient (Wildman–Crippen LogP) is 2.13. The van der Waals surface area contributed by atoms with Crippen LogP contribution in [0.25, 0.3) is 6.08 Å². The predicted molar refractivity (Wildman–Crippen MR) is 60.0 cm³/mol. The Hall–Kier alpha value is -1.30. The molecule has 1 atom stereocenters. The summed E-state index contributed by atoms with van der Waals surface area (Å²) < 4.78 is 5.38. The minimum Gasteiger partial charge on any atom is -0.478 e. The van der Waals surface area contributed by atoms with Gasteiger partial charge in [0.15, 0.2) is 0 Å². The molecule has 5 nitrogen and oxygen atoms in total. The average Bonchev–Trinajstić information content (AvgIpc) is 2.76. The first-order valence-corrected chi connectivity index (χ1v) is 6.16. The largest absolute Gasteiger partial charge is 0.478 e. The molecule has 0 bridgehead atoms. The van der Waals surface area contributed by atoms with Crippen LogP contribution in [0.2, 0.25) is 0 Å². The zero-order valence-electron chi connectivity index (χ0n) is 8.63. The lowest BCUT2D eigenvalue weighted by atomic mass is 10.2. The first kappa shape index (κ1) is 11.2. The van der Waals surface area contributed by atoms with Gasteiger partial charge in [0, 0.05) is 12.2 Å². The van der Waals surface area contributed by atoms with Crippen molar-refractivity contribution in [2.24, 2.45) is 0 Å². The molecule has 1 unspecified atom stereocenters. The van der Waals surface area contributed by atoms with Crippen LogP contribution in [0.1, 0.15) is 36.3 Å². The van der Waals surface area contributed by atoms with E-state index in [1.54, 1.807) is 0 Å². The fourth-order valence-electron chi connectivity index (χ4n) is 1.52. The highest BCUT2D eigenvalue weighted by atomic mass is 32.2. The summed E-state index contributed by atoms with van der Waals surface area (Å²) in [5.41, 5.74) is 0. The van der Waals surface area contributed by atoms with E-state index in [0.29, 0.717) is 5.89 Å². The Bertz CT molecular complexity index is 397. The smallest absolute Gasteiger partial charge is 0.328 e. The Morgan fingerprint density at radius 1 is 1.50 bits per heavy atom. The van der Waals surface area contributed by atoms with Crippen LogP contribution in [-0.4, -0.2) is 27.0 Å². The SMILES string of the molecule is O=C(O)/C=C/c1nnc(C2CCCCS2)o1. The highest BCUT2D eigenvalue weighted by Crippen LogP contribution is 2.37. The fourth-order valence-corrected chi connectivity index (χ4v) is 2.75. The summed E-state index contributed by atoms with van der Waals surface area (Å²) in [5.74, 6) is 0.956. The van der Waals surface area contributed by atoms with E-state index in [2.05, 4.69) is 10.2 Å². The number of nitrogens with zero attached hydrogens (tertiary/aromatic N) is 2. The molecule has 0 amide bonds. The number of hydrogen-bond donors (Lipinski definition) is 1. The van der Waals surface area contributed by atoms with Gasteiger partial charge in [0.05, 0.1) is 5.25 Å². The van der Waals surface area contributed by atoms with E-state index in [1.807, 2.05) is 11.8 Å². The van der Waals surface area contributed by atoms with Gasteiger partial charge in [-0.15, -0.1) is 22.0 Å². The molecule has 1 aromatic heterocycles. The topological polar surface area (TPSA) is 76.2 Å². The van der Waals surface area contributed by atoms with Crippen molar-refractivity contribution in [3.63, 3.8) is 0 Å². The van der Waals surface area contributed by atoms with E-state index in [1.165, 1.54) is 18.9 Å². The van der Waals surface area contributed by atoms with Gasteiger partial charge in [0.2, 0.25) is 11.8 Å². The highest BCUT2D eigenvalue weighted by molar-refractivity contribution is 7.99. The zero-order chi connectivity index (χ0) is 11.4. The van der Waals surface area contributed by atoms with Crippen molar-refractivity contribution in [1.82, 2.24) is 10.2 Å². The Morgan fingerprint density at radius 2 is 2.38 bits per heavy atom. The molecule has 1 aliphatic heterocycles. The van der Waals surface area contributed by atoms with Crippen LogP contribution in [0.5, 0.6) is 0 Å². The average molecular weight is 240 g/mol. The van der Waals surface area contributed by atoms with E-state index in [0.717, 1.165) is 18.2 Å². The number of hydrogen-bond acceptors (Lipinski definition) is 5. The van der Waals surface area contributed by atoms with Crippen molar-refractivity contribution in [1.29, 1.82) is 0 Å². The first-order valence-electron chi connectivity index (χ1n) is 5.12. The molecule has 0 aromatic carbocycles. The van der Waals surface area contributed by atoms with Gasteiger partial charge in [0.25, 0.3) is 0 Å². The van der Waals surface area contributed by atoms with Crippen LogP contribution in [0, 0.1) is 0 Å². The van der Waals surface area contributed by atoms with E-state index < -0.39 is 5.97 Å². The molecule has 0 aliphatic carbocycles. The molecule has 1 saturated heterocycles. The van der Waals surface area contributed by atoms with Crippen molar-refractivity contribution >= 4 is 23.8 Å². The maximum atomic E-state index is 10.3. The van der Waals surface area contributed by atoms with E-state index >= 15 is 0 Å². The van der Waals surface area contributed by atoms with Crippen molar-refractivity contribution in [3.8, 4) is 0 Å². The maximum Gasteiger partial charge on any atom is 0.328 e. The molecular weight excluding hydrogens is 228 g/mol. The number of aliphatic carboxylic acids is 1.